The number of carbonyl (C=O) groups excluding carboxylic acids is 1. The number of nitrogens with zero attached hydrogens (tertiary/aromatic N) is 5. The van der Waals surface area contributed by atoms with E-state index in [1.54, 1.807) is 28.1 Å². The van der Waals surface area contributed by atoms with E-state index in [1.165, 1.54) is 11.9 Å². The molecular weight excluding hydrogens is 396 g/mol. The summed E-state index contributed by atoms with van der Waals surface area (Å²) in [6.07, 6.45) is 4.94. The molecule has 152 valence electrons. The van der Waals surface area contributed by atoms with E-state index >= 15 is 0 Å². The van der Waals surface area contributed by atoms with Gasteiger partial charge in [-0.05, 0) is 30.5 Å². The van der Waals surface area contributed by atoms with Crippen molar-refractivity contribution in [2.24, 2.45) is 0 Å². The van der Waals surface area contributed by atoms with E-state index in [2.05, 4.69) is 45.0 Å². The van der Waals surface area contributed by atoms with Crippen LogP contribution >= 0.6 is 11.3 Å². The summed E-state index contributed by atoms with van der Waals surface area (Å²) in [7, 11) is 1.89. The van der Waals surface area contributed by atoms with Crippen LogP contribution in [0.2, 0.25) is 0 Å². The third kappa shape index (κ3) is 3.13. The summed E-state index contributed by atoms with van der Waals surface area (Å²) in [5, 5.41) is 10.3. The molecule has 7 nitrogen and oxygen atoms in total. The van der Waals surface area contributed by atoms with Gasteiger partial charge < -0.3 is 10.2 Å². The van der Waals surface area contributed by atoms with E-state index in [4.69, 9.17) is 4.98 Å². The van der Waals surface area contributed by atoms with Crippen molar-refractivity contribution >= 4 is 28.0 Å². The minimum Gasteiger partial charge on any atom is -0.365 e. The quantitative estimate of drug-likeness (QED) is 0.549. The third-order valence-electron chi connectivity index (χ3n) is 5.97. The Kier molecular flexibility index (Phi) is 4.71. The van der Waals surface area contributed by atoms with Crippen LogP contribution in [0.5, 0.6) is 0 Å². The maximum absolute atomic E-state index is 13.1. The molecule has 1 fully saturated rings. The van der Waals surface area contributed by atoms with Gasteiger partial charge in [0.1, 0.15) is 6.33 Å². The number of hydrogen-bond acceptors (Lipinski definition) is 6. The zero-order valence-electron chi connectivity index (χ0n) is 16.7. The Morgan fingerprint density at radius 2 is 1.97 bits per heavy atom. The van der Waals surface area contributed by atoms with Gasteiger partial charge in [0.25, 0.3) is 5.91 Å². The van der Waals surface area contributed by atoms with Crippen molar-refractivity contribution in [3.05, 3.63) is 77.2 Å². The highest BCUT2D eigenvalue weighted by Gasteiger charge is 2.41. The number of rotatable bonds is 4. The second-order valence-electron chi connectivity index (χ2n) is 7.51. The van der Waals surface area contributed by atoms with E-state index in [1.807, 2.05) is 24.1 Å². The number of pyridine rings is 1. The molecule has 0 spiro atoms. The van der Waals surface area contributed by atoms with Crippen LogP contribution in [0.25, 0.3) is 5.65 Å². The number of thiazole rings is 1. The molecule has 4 heterocycles. The lowest BCUT2D eigenvalue weighted by Gasteiger charge is -2.41. The van der Waals surface area contributed by atoms with Crippen molar-refractivity contribution in [3.63, 3.8) is 0 Å². The van der Waals surface area contributed by atoms with E-state index in [0.717, 1.165) is 23.7 Å². The Balaban J connectivity index is 1.42. The van der Waals surface area contributed by atoms with Gasteiger partial charge >= 0.3 is 0 Å². The topological polar surface area (TPSA) is 75.4 Å². The monoisotopic (exact) mass is 418 g/mol. The second kappa shape index (κ2) is 7.53. The van der Waals surface area contributed by atoms with Crippen LogP contribution in [0.1, 0.15) is 34.5 Å². The summed E-state index contributed by atoms with van der Waals surface area (Å²) in [6, 6.07) is 14.2. The van der Waals surface area contributed by atoms with Crippen LogP contribution in [0, 0.1) is 0 Å². The van der Waals surface area contributed by atoms with E-state index in [0.29, 0.717) is 24.3 Å². The summed E-state index contributed by atoms with van der Waals surface area (Å²) in [5.74, 6) is 0.0383. The van der Waals surface area contributed by atoms with Gasteiger partial charge in [0.15, 0.2) is 10.8 Å². The number of benzene rings is 1. The van der Waals surface area contributed by atoms with Gasteiger partial charge in [-0.15, -0.1) is 11.3 Å². The molecule has 0 aliphatic carbocycles. The molecule has 0 radical (unpaired) electrons. The van der Waals surface area contributed by atoms with Gasteiger partial charge in [-0.3, -0.25) is 4.79 Å². The highest BCUT2D eigenvalue weighted by Crippen LogP contribution is 2.42. The first-order valence-corrected chi connectivity index (χ1v) is 10.9. The summed E-state index contributed by atoms with van der Waals surface area (Å²) >= 11 is 1.62. The first-order chi connectivity index (χ1) is 14.7. The van der Waals surface area contributed by atoms with Gasteiger partial charge in [-0.25, -0.2) is 14.5 Å². The minimum absolute atomic E-state index is 0.0383. The van der Waals surface area contributed by atoms with Gasteiger partial charge in [0, 0.05) is 42.7 Å². The van der Waals surface area contributed by atoms with Crippen molar-refractivity contribution in [1.29, 1.82) is 0 Å². The lowest BCUT2D eigenvalue weighted by molar-refractivity contribution is 0.0684. The van der Waals surface area contributed by atoms with Crippen molar-refractivity contribution in [3.8, 4) is 0 Å². The maximum atomic E-state index is 13.1. The SMILES string of the molecule is CNc1nc(C2(c3ccccc3)CCN(C(=O)c3ccn4ncnc4c3)CC2)cs1. The number of aromatic nitrogens is 4. The van der Waals surface area contributed by atoms with E-state index < -0.39 is 0 Å². The predicted octanol–water partition coefficient (Wildman–Crippen LogP) is 3.45. The summed E-state index contributed by atoms with van der Waals surface area (Å²) in [6.45, 7) is 1.36. The van der Waals surface area contributed by atoms with Crippen LogP contribution < -0.4 is 5.32 Å². The molecule has 5 rings (SSSR count). The number of likely N-dealkylation sites (tertiary alicyclic amines) is 1. The predicted molar refractivity (Wildman–Crippen MR) is 117 cm³/mol. The molecule has 1 saturated heterocycles. The van der Waals surface area contributed by atoms with Gasteiger partial charge in [0.05, 0.1) is 5.69 Å². The van der Waals surface area contributed by atoms with Gasteiger partial charge in [0.2, 0.25) is 0 Å². The lowest BCUT2D eigenvalue weighted by atomic mass is 9.70. The molecule has 8 heteroatoms. The third-order valence-corrected chi connectivity index (χ3v) is 6.83. The van der Waals surface area contributed by atoms with Gasteiger partial charge in [-0.1, -0.05) is 30.3 Å². The van der Waals surface area contributed by atoms with Crippen molar-refractivity contribution in [1.82, 2.24) is 24.5 Å². The largest absolute Gasteiger partial charge is 0.365 e. The average molecular weight is 419 g/mol. The second-order valence-corrected chi connectivity index (χ2v) is 8.36. The van der Waals surface area contributed by atoms with Crippen LogP contribution in [0.3, 0.4) is 0 Å². The Morgan fingerprint density at radius 3 is 2.70 bits per heavy atom. The molecule has 1 aliphatic rings. The Labute approximate surface area is 178 Å². The normalized spacial score (nSPS) is 16.0. The lowest BCUT2D eigenvalue weighted by Crippen LogP contribution is -2.46. The zero-order valence-corrected chi connectivity index (χ0v) is 17.5. The van der Waals surface area contributed by atoms with E-state index in [9.17, 15) is 4.79 Å². The number of hydrogen-bond donors (Lipinski definition) is 1. The minimum atomic E-state index is -0.180. The molecule has 0 saturated carbocycles. The fourth-order valence-corrected chi connectivity index (χ4v) is 5.05. The maximum Gasteiger partial charge on any atom is 0.254 e. The van der Waals surface area contributed by atoms with E-state index in [-0.39, 0.29) is 11.3 Å². The number of anilines is 1. The molecule has 0 unspecified atom stereocenters. The number of carbonyl (C=O) groups is 1. The molecule has 1 amide bonds. The standard InChI is InChI=1S/C22H22N6OS/c1-23-21-26-18(14-30-21)22(17-5-3-2-4-6-17)8-11-27(12-9-22)20(29)16-7-10-28-19(13-16)24-15-25-28/h2-7,10,13-15H,8-9,11-12H2,1H3,(H,23,26). The van der Waals surface area contributed by atoms with Crippen molar-refractivity contribution in [2.75, 3.05) is 25.5 Å². The first kappa shape index (κ1) is 18.7. The number of amides is 1. The Bertz CT molecular complexity index is 1180. The van der Waals surface area contributed by atoms with Crippen molar-refractivity contribution in [2.45, 2.75) is 18.3 Å². The highest BCUT2D eigenvalue weighted by atomic mass is 32.1. The van der Waals surface area contributed by atoms with Crippen LogP contribution in [0.15, 0.2) is 60.4 Å². The molecule has 3 aromatic heterocycles. The summed E-state index contributed by atoms with van der Waals surface area (Å²) < 4.78 is 1.66. The first-order valence-electron chi connectivity index (χ1n) is 9.97. The number of fused-ring (bicyclic) bond motifs is 1. The molecule has 1 aliphatic heterocycles. The van der Waals surface area contributed by atoms with Gasteiger partial charge in [-0.2, -0.15) is 5.10 Å². The molecule has 1 aromatic carbocycles. The Hall–Kier alpha value is -3.26. The van der Waals surface area contributed by atoms with Crippen LogP contribution in [0.4, 0.5) is 5.13 Å². The molecule has 30 heavy (non-hydrogen) atoms. The number of piperidine rings is 1. The fourth-order valence-electron chi connectivity index (χ4n) is 4.28. The Morgan fingerprint density at radius 1 is 1.17 bits per heavy atom. The average Bonchev–Trinajstić information content (AvgIpc) is 3.48. The highest BCUT2D eigenvalue weighted by molar-refractivity contribution is 7.13. The molecule has 0 bridgehead atoms. The van der Waals surface area contributed by atoms with Crippen LogP contribution in [-0.2, 0) is 5.41 Å². The van der Waals surface area contributed by atoms with Crippen molar-refractivity contribution < 1.29 is 4.79 Å². The molecule has 0 atom stereocenters. The van der Waals surface area contributed by atoms with Crippen LogP contribution in [-0.4, -0.2) is 50.5 Å². The smallest absolute Gasteiger partial charge is 0.254 e. The zero-order chi connectivity index (χ0) is 20.6. The number of nitrogens with one attached hydrogen (secondary N) is 1. The molecular formula is C22H22N6OS. The summed E-state index contributed by atoms with van der Waals surface area (Å²) in [5.41, 5.74) is 3.49. The molecule has 4 aromatic rings. The fraction of sp³-hybridized carbons (Fsp3) is 0.273. The summed E-state index contributed by atoms with van der Waals surface area (Å²) in [4.78, 5) is 24.1. The molecule has 1 N–H and O–H groups in total.